The van der Waals surface area contributed by atoms with Gasteiger partial charge in [-0.3, -0.25) is 14.9 Å². The molecule has 1 aromatic heterocycles. The third-order valence-electron chi connectivity index (χ3n) is 4.22. The van der Waals surface area contributed by atoms with Gasteiger partial charge in [0.05, 0.1) is 14.7 Å². The van der Waals surface area contributed by atoms with Crippen LogP contribution in [0.1, 0.15) is 22.5 Å². The van der Waals surface area contributed by atoms with Gasteiger partial charge in [0.2, 0.25) is 10.0 Å². The van der Waals surface area contributed by atoms with Crippen LogP contribution in [-0.4, -0.2) is 42.7 Å². The van der Waals surface area contributed by atoms with Crippen LogP contribution in [0.4, 0.5) is 5.69 Å². The Bertz CT molecular complexity index is 886. The van der Waals surface area contributed by atoms with Crippen molar-refractivity contribution in [2.45, 2.75) is 23.8 Å². The molecule has 2 heterocycles. The molecule has 1 N–H and O–H groups in total. The second kappa shape index (κ2) is 7.52. The Morgan fingerprint density at radius 3 is 2.38 bits per heavy atom. The van der Waals surface area contributed by atoms with E-state index in [0.29, 0.717) is 17.7 Å². The number of rotatable bonds is 5. The van der Waals surface area contributed by atoms with E-state index in [2.05, 4.69) is 5.32 Å². The van der Waals surface area contributed by atoms with Crippen molar-refractivity contribution in [2.24, 2.45) is 0 Å². The molecule has 0 radical (unpaired) electrons. The average molecular weight is 395 g/mol. The summed E-state index contributed by atoms with van der Waals surface area (Å²) in [6.07, 6.45) is 1.03. The van der Waals surface area contributed by atoms with E-state index in [9.17, 15) is 23.3 Å². The van der Waals surface area contributed by atoms with Crippen LogP contribution in [0.3, 0.4) is 0 Å². The van der Waals surface area contributed by atoms with Gasteiger partial charge in [0.1, 0.15) is 0 Å². The lowest BCUT2D eigenvalue weighted by atomic mass is 10.1. The van der Waals surface area contributed by atoms with Crippen LogP contribution in [0.25, 0.3) is 0 Å². The molecule has 138 valence electrons. The maximum absolute atomic E-state index is 12.7. The zero-order valence-corrected chi connectivity index (χ0v) is 15.3. The van der Waals surface area contributed by atoms with E-state index in [1.54, 1.807) is 12.1 Å². The first-order chi connectivity index (χ1) is 12.4. The van der Waals surface area contributed by atoms with Crippen molar-refractivity contribution in [1.29, 1.82) is 0 Å². The van der Waals surface area contributed by atoms with E-state index in [4.69, 9.17) is 0 Å². The maximum Gasteiger partial charge on any atom is 0.269 e. The fourth-order valence-corrected chi connectivity index (χ4v) is 4.89. The number of piperidine rings is 1. The molecule has 1 aliphatic rings. The van der Waals surface area contributed by atoms with Crippen LogP contribution in [-0.2, 0) is 10.0 Å². The zero-order chi connectivity index (χ0) is 18.7. The minimum Gasteiger partial charge on any atom is -0.349 e. The van der Waals surface area contributed by atoms with Crippen LogP contribution in [0.2, 0.25) is 0 Å². The Kier molecular flexibility index (Phi) is 5.35. The first-order valence-electron chi connectivity index (χ1n) is 7.97. The normalized spacial score (nSPS) is 16.3. The first-order valence-corrected chi connectivity index (χ1v) is 10.3. The fraction of sp³-hybridized carbons (Fsp3) is 0.312. The highest BCUT2D eigenvalue weighted by Crippen LogP contribution is 2.23. The summed E-state index contributed by atoms with van der Waals surface area (Å²) in [5, 5.41) is 15.4. The average Bonchev–Trinajstić information content (AvgIpc) is 3.17. The Balaban J connectivity index is 1.61. The quantitative estimate of drug-likeness (QED) is 0.617. The van der Waals surface area contributed by atoms with Crippen LogP contribution in [0.5, 0.6) is 0 Å². The van der Waals surface area contributed by atoms with Gasteiger partial charge in [-0.1, -0.05) is 6.07 Å². The summed E-state index contributed by atoms with van der Waals surface area (Å²) in [6, 6.07) is 8.33. The number of benzene rings is 1. The Morgan fingerprint density at radius 1 is 1.19 bits per heavy atom. The predicted octanol–water partition coefficient (Wildman–Crippen LogP) is 2.24. The summed E-state index contributed by atoms with van der Waals surface area (Å²) in [7, 11) is -3.70. The summed E-state index contributed by atoms with van der Waals surface area (Å²) in [5.41, 5.74) is -0.154. The van der Waals surface area contributed by atoms with Crippen molar-refractivity contribution >= 4 is 33.0 Å². The van der Waals surface area contributed by atoms with Gasteiger partial charge in [0.25, 0.3) is 11.6 Å². The summed E-state index contributed by atoms with van der Waals surface area (Å²) in [4.78, 5) is 22.8. The molecule has 1 aliphatic heterocycles. The van der Waals surface area contributed by atoms with Crippen molar-refractivity contribution in [2.75, 3.05) is 13.1 Å². The van der Waals surface area contributed by atoms with Gasteiger partial charge < -0.3 is 5.32 Å². The fourth-order valence-electron chi connectivity index (χ4n) is 2.79. The topological polar surface area (TPSA) is 110 Å². The molecule has 0 saturated carbocycles. The van der Waals surface area contributed by atoms with Crippen molar-refractivity contribution in [3.63, 3.8) is 0 Å². The molecular weight excluding hydrogens is 378 g/mol. The minimum atomic E-state index is -3.70. The number of thiophene rings is 1. The molecule has 0 aliphatic carbocycles. The number of hydrogen-bond donors (Lipinski definition) is 1. The number of hydrogen-bond acceptors (Lipinski definition) is 6. The monoisotopic (exact) mass is 395 g/mol. The standard InChI is InChI=1S/C16H17N3O5S2/c20-16(15-2-1-11-25-15)17-12-7-9-18(10-8-12)26(23,24)14-5-3-13(4-6-14)19(21)22/h1-6,11-12H,7-10H2,(H,17,20). The maximum atomic E-state index is 12.7. The Morgan fingerprint density at radius 2 is 1.85 bits per heavy atom. The van der Waals surface area contributed by atoms with Gasteiger partial charge in [0.15, 0.2) is 0 Å². The number of carbonyl (C=O) groups excluding carboxylic acids is 1. The molecule has 26 heavy (non-hydrogen) atoms. The van der Waals surface area contributed by atoms with E-state index in [1.165, 1.54) is 39.9 Å². The Labute approximate surface area is 154 Å². The lowest BCUT2D eigenvalue weighted by Crippen LogP contribution is -2.46. The molecule has 0 spiro atoms. The van der Waals surface area contributed by atoms with Crippen molar-refractivity contribution in [3.05, 3.63) is 56.8 Å². The number of nitrogens with one attached hydrogen (secondary N) is 1. The SMILES string of the molecule is O=C(NC1CCN(S(=O)(=O)c2ccc([N+](=O)[O-])cc2)CC1)c1cccs1. The van der Waals surface area contributed by atoms with Gasteiger partial charge >= 0.3 is 0 Å². The van der Waals surface area contributed by atoms with Gasteiger partial charge in [-0.2, -0.15) is 4.31 Å². The summed E-state index contributed by atoms with van der Waals surface area (Å²) < 4.78 is 26.7. The molecule has 1 amide bonds. The number of nitro groups is 1. The summed E-state index contributed by atoms with van der Waals surface area (Å²) >= 11 is 1.36. The van der Waals surface area contributed by atoms with Crippen molar-refractivity contribution < 1.29 is 18.1 Å². The lowest BCUT2D eigenvalue weighted by molar-refractivity contribution is -0.384. The first kappa shape index (κ1) is 18.5. The van der Waals surface area contributed by atoms with Crippen LogP contribution < -0.4 is 5.32 Å². The molecule has 0 bridgehead atoms. The van der Waals surface area contributed by atoms with E-state index >= 15 is 0 Å². The molecule has 8 nitrogen and oxygen atoms in total. The summed E-state index contributed by atoms with van der Waals surface area (Å²) in [6.45, 7) is 0.573. The smallest absolute Gasteiger partial charge is 0.269 e. The van der Waals surface area contributed by atoms with Gasteiger partial charge in [-0.05, 0) is 36.4 Å². The van der Waals surface area contributed by atoms with Crippen LogP contribution >= 0.6 is 11.3 Å². The molecule has 2 aromatic rings. The van der Waals surface area contributed by atoms with Crippen LogP contribution in [0.15, 0.2) is 46.7 Å². The number of non-ortho nitro benzene ring substituents is 1. The highest BCUT2D eigenvalue weighted by molar-refractivity contribution is 7.89. The summed E-state index contributed by atoms with van der Waals surface area (Å²) in [5.74, 6) is -0.142. The van der Waals surface area contributed by atoms with Gasteiger partial charge in [0, 0.05) is 31.3 Å². The molecule has 1 saturated heterocycles. The number of carbonyl (C=O) groups is 1. The second-order valence-electron chi connectivity index (χ2n) is 5.88. The predicted molar refractivity (Wildman–Crippen MR) is 96.7 cm³/mol. The Hall–Kier alpha value is -2.30. The second-order valence-corrected chi connectivity index (χ2v) is 8.77. The van der Waals surface area contributed by atoms with E-state index in [1.807, 2.05) is 5.38 Å². The van der Waals surface area contributed by atoms with E-state index in [0.717, 1.165) is 0 Å². The molecule has 1 fully saturated rings. The molecule has 10 heteroatoms. The van der Waals surface area contributed by atoms with Gasteiger partial charge in [-0.25, -0.2) is 8.42 Å². The number of amides is 1. The zero-order valence-electron chi connectivity index (χ0n) is 13.7. The van der Waals surface area contributed by atoms with E-state index < -0.39 is 14.9 Å². The minimum absolute atomic E-state index is 0.0316. The number of nitrogens with zero attached hydrogens (tertiary/aromatic N) is 2. The third kappa shape index (κ3) is 3.92. The van der Waals surface area contributed by atoms with Crippen molar-refractivity contribution in [1.82, 2.24) is 9.62 Å². The largest absolute Gasteiger partial charge is 0.349 e. The van der Waals surface area contributed by atoms with Crippen molar-refractivity contribution in [3.8, 4) is 0 Å². The third-order valence-corrected chi connectivity index (χ3v) is 7.00. The molecule has 0 unspecified atom stereocenters. The lowest BCUT2D eigenvalue weighted by Gasteiger charge is -2.31. The number of nitro benzene ring substituents is 1. The van der Waals surface area contributed by atoms with Crippen LogP contribution in [0, 0.1) is 10.1 Å². The molecular formula is C16H17N3O5S2. The molecule has 3 rings (SSSR count). The number of sulfonamides is 1. The highest BCUT2D eigenvalue weighted by atomic mass is 32.2. The molecule has 0 atom stereocenters. The van der Waals surface area contributed by atoms with Gasteiger partial charge in [-0.15, -0.1) is 11.3 Å². The highest BCUT2D eigenvalue weighted by Gasteiger charge is 2.30. The van der Waals surface area contributed by atoms with E-state index in [-0.39, 0.29) is 35.6 Å². The molecule has 1 aromatic carbocycles.